The zero-order chi connectivity index (χ0) is 25.3. The largest absolute Gasteiger partial charge is 0.374 e. The van der Waals surface area contributed by atoms with E-state index in [9.17, 15) is 0 Å². The molecule has 0 bridgehead atoms. The second kappa shape index (κ2) is 10.9. The molecule has 35 heavy (non-hydrogen) atoms. The summed E-state index contributed by atoms with van der Waals surface area (Å²) in [7, 11) is 6.14. The van der Waals surface area contributed by atoms with E-state index in [1.165, 1.54) is 28.9 Å². The summed E-state index contributed by atoms with van der Waals surface area (Å²) in [5.41, 5.74) is 7.26. The molecule has 0 amide bonds. The maximum absolute atomic E-state index is 5.90. The van der Waals surface area contributed by atoms with Gasteiger partial charge in [-0.25, -0.2) is 4.98 Å². The smallest absolute Gasteiger partial charge is 0.0955 e. The monoisotopic (exact) mass is 548 g/mol. The molecule has 1 atom stereocenters. The van der Waals surface area contributed by atoms with Crippen molar-refractivity contribution in [3.63, 3.8) is 0 Å². The van der Waals surface area contributed by atoms with Crippen LogP contribution >= 0.6 is 46.4 Å². The molecule has 3 heterocycles. The van der Waals surface area contributed by atoms with Gasteiger partial charge in [0.1, 0.15) is 0 Å². The van der Waals surface area contributed by atoms with Crippen LogP contribution in [0, 0.1) is 0 Å². The van der Waals surface area contributed by atoms with Crippen LogP contribution in [0.5, 0.6) is 0 Å². The molecule has 0 radical (unpaired) electrons. The Hall–Kier alpha value is -2.11. The van der Waals surface area contributed by atoms with Gasteiger partial charge in [-0.2, -0.15) is 0 Å². The van der Waals surface area contributed by atoms with E-state index < -0.39 is 0 Å². The predicted molar refractivity (Wildman–Crippen MR) is 152 cm³/mol. The molecular formula is C27H28Cl4N4. The van der Waals surface area contributed by atoms with Gasteiger partial charge in [-0.05, 0) is 61.2 Å². The highest BCUT2D eigenvalue weighted by molar-refractivity contribution is 6.43. The van der Waals surface area contributed by atoms with Crippen molar-refractivity contribution in [3.05, 3.63) is 86.1 Å². The number of imidazole rings is 1. The number of aromatic nitrogens is 2. The number of para-hydroxylation sites is 1. The van der Waals surface area contributed by atoms with Crippen LogP contribution in [0.2, 0.25) is 20.1 Å². The maximum Gasteiger partial charge on any atom is 0.0955 e. The van der Waals surface area contributed by atoms with Gasteiger partial charge in [-0.15, -0.1) is 0 Å². The van der Waals surface area contributed by atoms with Gasteiger partial charge in [0, 0.05) is 45.1 Å². The van der Waals surface area contributed by atoms with Gasteiger partial charge >= 0.3 is 0 Å². The lowest BCUT2D eigenvalue weighted by Gasteiger charge is -2.17. The van der Waals surface area contributed by atoms with Crippen molar-refractivity contribution in [2.75, 3.05) is 30.4 Å². The predicted octanol–water partition coefficient (Wildman–Crippen LogP) is 7.93. The van der Waals surface area contributed by atoms with Crippen LogP contribution in [0.15, 0.2) is 54.9 Å². The summed E-state index contributed by atoms with van der Waals surface area (Å²) in [6.45, 7) is 3.33. The summed E-state index contributed by atoms with van der Waals surface area (Å²) in [5, 5.41) is 2.41. The summed E-state index contributed by atoms with van der Waals surface area (Å²) in [4.78, 5) is 8.67. The number of rotatable bonds is 0. The third kappa shape index (κ3) is 5.67. The fraction of sp³-hybridized carbons (Fsp3) is 0.296. The molecule has 8 heteroatoms. The Bertz CT molecular complexity index is 1350. The minimum Gasteiger partial charge on any atom is -0.374 e. The standard InChI is InChI=1S/C10H13N.C9H9Cl2N.C8H6Cl2N2/c1-8-7-9-5-3-4-6-10(9)11(8)2;1-12-3-2-6-4-7(10)8(11)5-9(6)12;1-12-4-11-7-2-5(9)6(10)3-8(7)12/h3-6,8H,7H2,1-2H3;4-5H,2-3H2,1H3;2-4H,1H3. The summed E-state index contributed by atoms with van der Waals surface area (Å²) in [6, 6.07) is 16.8. The van der Waals surface area contributed by atoms with E-state index in [2.05, 4.69) is 60.1 Å². The van der Waals surface area contributed by atoms with Crippen molar-refractivity contribution >= 4 is 68.8 Å². The summed E-state index contributed by atoms with van der Waals surface area (Å²) in [6.07, 6.45) is 4.01. The van der Waals surface area contributed by atoms with Crippen LogP contribution < -0.4 is 9.80 Å². The number of nitrogens with zero attached hydrogens (tertiary/aromatic N) is 4. The minimum absolute atomic E-state index is 0.544. The molecule has 2 aliphatic rings. The first-order chi connectivity index (χ1) is 16.7. The summed E-state index contributed by atoms with van der Waals surface area (Å²) < 4.78 is 1.90. The highest BCUT2D eigenvalue weighted by atomic mass is 35.5. The number of likely N-dealkylation sites (N-methyl/N-ethyl adjacent to an activating group) is 2. The van der Waals surface area contributed by atoms with E-state index in [0.717, 1.165) is 24.0 Å². The molecule has 0 saturated carbocycles. The SMILES string of the molecule is CC1Cc2ccccc2N1C.CN1CCc2cc(Cl)c(Cl)cc21.Cn1cnc2cc(Cl)c(Cl)cc21. The van der Waals surface area contributed by atoms with Crippen molar-refractivity contribution in [1.82, 2.24) is 9.55 Å². The molecule has 0 fully saturated rings. The Morgan fingerprint density at radius 2 is 1.46 bits per heavy atom. The van der Waals surface area contributed by atoms with Gasteiger partial charge in [0.05, 0.1) is 37.5 Å². The quantitative estimate of drug-likeness (QED) is 0.222. The summed E-state index contributed by atoms with van der Waals surface area (Å²) >= 11 is 23.4. The van der Waals surface area contributed by atoms with E-state index in [1.54, 1.807) is 12.4 Å². The van der Waals surface area contributed by atoms with Crippen LogP contribution in [0.3, 0.4) is 0 Å². The molecule has 0 N–H and O–H groups in total. The van der Waals surface area contributed by atoms with Crippen LogP contribution in [0.1, 0.15) is 18.1 Å². The fourth-order valence-electron chi connectivity index (χ4n) is 4.38. The minimum atomic E-state index is 0.544. The van der Waals surface area contributed by atoms with Crippen molar-refractivity contribution in [2.24, 2.45) is 7.05 Å². The normalized spacial score (nSPS) is 15.8. The highest BCUT2D eigenvalue weighted by Crippen LogP contribution is 2.34. The highest BCUT2D eigenvalue weighted by Gasteiger charge is 2.21. The number of benzene rings is 3. The second-order valence-electron chi connectivity index (χ2n) is 8.97. The van der Waals surface area contributed by atoms with Crippen LogP contribution in [-0.2, 0) is 19.9 Å². The van der Waals surface area contributed by atoms with E-state index in [0.29, 0.717) is 26.1 Å². The van der Waals surface area contributed by atoms with Crippen LogP contribution in [-0.4, -0.2) is 36.2 Å². The number of hydrogen-bond donors (Lipinski definition) is 0. The molecule has 6 rings (SSSR count). The molecule has 1 unspecified atom stereocenters. The average molecular weight is 550 g/mol. The lowest BCUT2D eigenvalue weighted by molar-refractivity contribution is 0.732. The van der Waals surface area contributed by atoms with Crippen molar-refractivity contribution < 1.29 is 0 Å². The molecule has 4 aromatic rings. The molecule has 1 aromatic heterocycles. The Balaban J connectivity index is 0.000000124. The maximum atomic E-state index is 5.90. The third-order valence-corrected chi connectivity index (χ3v) is 8.01. The van der Waals surface area contributed by atoms with E-state index in [1.807, 2.05) is 29.8 Å². The third-order valence-electron chi connectivity index (χ3n) is 6.56. The number of halogens is 4. The van der Waals surface area contributed by atoms with Gasteiger partial charge in [-0.1, -0.05) is 64.6 Å². The first-order valence-electron chi connectivity index (χ1n) is 11.4. The first kappa shape index (κ1) is 26.0. The molecule has 4 nitrogen and oxygen atoms in total. The van der Waals surface area contributed by atoms with Crippen molar-refractivity contribution in [3.8, 4) is 0 Å². The zero-order valence-corrected chi connectivity index (χ0v) is 23.2. The Labute approximate surface area is 227 Å². The van der Waals surface area contributed by atoms with Gasteiger partial charge < -0.3 is 14.4 Å². The molecule has 3 aromatic carbocycles. The number of anilines is 2. The first-order valence-corrected chi connectivity index (χ1v) is 12.9. The second-order valence-corrected chi connectivity index (χ2v) is 10.6. The lowest BCUT2D eigenvalue weighted by Crippen LogP contribution is -2.23. The van der Waals surface area contributed by atoms with Crippen molar-refractivity contribution in [1.29, 1.82) is 0 Å². The Kier molecular flexibility index (Phi) is 8.07. The lowest BCUT2D eigenvalue weighted by atomic mass is 10.1. The van der Waals surface area contributed by atoms with Gasteiger partial charge in [0.25, 0.3) is 0 Å². The van der Waals surface area contributed by atoms with E-state index in [4.69, 9.17) is 46.4 Å². The van der Waals surface area contributed by atoms with Gasteiger partial charge in [-0.3, -0.25) is 0 Å². The van der Waals surface area contributed by atoms with Crippen LogP contribution in [0.25, 0.3) is 11.0 Å². The van der Waals surface area contributed by atoms with E-state index >= 15 is 0 Å². The molecule has 184 valence electrons. The number of hydrogen-bond acceptors (Lipinski definition) is 3. The van der Waals surface area contributed by atoms with Gasteiger partial charge in [0.15, 0.2) is 0 Å². The van der Waals surface area contributed by atoms with Crippen molar-refractivity contribution in [2.45, 2.75) is 25.8 Å². The molecule has 0 saturated heterocycles. The zero-order valence-electron chi connectivity index (χ0n) is 20.2. The molecule has 0 spiro atoms. The molecular weight excluding hydrogens is 522 g/mol. The molecule has 2 aliphatic heterocycles. The number of fused-ring (bicyclic) bond motifs is 3. The van der Waals surface area contributed by atoms with Crippen LogP contribution in [0.4, 0.5) is 11.4 Å². The Morgan fingerprint density at radius 3 is 2.20 bits per heavy atom. The Morgan fingerprint density at radius 1 is 0.800 bits per heavy atom. The molecule has 0 aliphatic carbocycles. The van der Waals surface area contributed by atoms with Gasteiger partial charge in [0.2, 0.25) is 0 Å². The number of aryl methyl sites for hydroxylation is 1. The average Bonchev–Trinajstić information content (AvgIpc) is 3.46. The summed E-state index contributed by atoms with van der Waals surface area (Å²) in [5.74, 6) is 0. The topological polar surface area (TPSA) is 24.3 Å². The fourth-order valence-corrected chi connectivity index (χ4v) is 5.04. The van der Waals surface area contributed by atoms with E-state index in [-0.39, 0.29) is 0 Å².